The molecule has 1 aliphatic heterocycles. The van der Waals surface area contributed by atoms with Crippen molar-refractivity contribution in [3.05, 3.63) is 46.2 Å². The van der Waals surface area contributed by atoms with E-state index in [1.54, 1.807) is 0 Å². The number of nitrogens with one attached hydrogen (secondary N) is 1. The monoisotopic (exact) mass is 414 g/mol. The Labute approximate surface area is 171 Å². The summed E-state index contributed by atoms with van der Waals surface area (Å²) in [5.41, 5.74) is 5.07. The Bertz CT molecular complexity index is 1070. The van der Waals surface area contributed by atoms with Crippen molar-refractivity contribution in [2.24, 2.45) is 0 Å². The van der Waals surface area contributed by atoms with Gasteiger partial charge in [0.05, 0.1) is 32.7 Å². The molecule has 1 fully saturated rings. The summed E-state index contributed by atoms with van der Waals surface area (Å²) in [5, 5.41) is 9.05. The van der Waals surface area contributed by atoms with Crippen LogP contribution in [0.4, 0.5) is 5.13 Å². The van der Waals surface area contributed by atoms with Crippen molar-refractivity contribution in [3.8, 4) is 16.3 Å². The minimum Gasteiger partial charge on any atom is -0.372 e. The van der Waals surface area contributed by atoms with E-state index < -0.39 is 0 Å². The number of para-hydroxylation sites is 1. The number of hydrogen-bond acceptors (Lipinski definition) is 5. The third kappa shape index (κ3) is 2.94. The van der Waals surface area contributed by atoms with E-state index in [-0.39, 0.29) is 12.0 Å². The molecule has 6 nitrogen and oxygen atoms in total. The molecule has 0 spiro atoms. The molecule has 0 saturated carbocycles. The van der Waals surface area contributed by atoms with Crippen molar-refractivity contribution in [3.63, 3.8) is 0 Å². The van der Waals surface area contributed by atoms with Gasteiger partial charge >= 0.3 is 0 Å². The normalized spacial score (nSPS) is 18.0. The van der Waals surface area contributed by atoms with Gasteiger partial charge in [-0.3, -0.25) is 4.79 Å². The van der Waals surface area contributed by atoms with Gasteiger partial charge in [0.15, 0.2) is 5.13 Å². The van der Waals surface area contributed by atoms with Gasteiger partial charge in [0, 0.05) is 19.1 Å². The molecule has 1 atom stereocenters. The van der Waals surface area contributed by atoms with Gasteiger partial charge in [-0.25, -0.2) is 9.67 Å². The fourth-order valence-corrected chi connectivity index (χ4v) is 5.28. The predicted molar refractivity (Wildman–Crippen MR) is 109 cm³/mol. The molecule has 5 rings (SSSR count). The van der Waals surface area contributed by atoms with Crippen molar-refractivity contribution in [1.29, 1.82) is 0 Å². The van der Waals surface area contributed by atoms with Crippen LogP contribution < -0.4 is 5.32 Å². The molecule has 3 aromatic rings. The highest BCUT2D eigenvalue weighted by Gasteiger charge is 2.33. The van der Waals surface area contributed by atoms with Crippen LogP contribution >= 0.6 is 22.9 Å². The molecule has 0 bridgehead atoms. The zero-order chi connectivity index (χ0) is 19.3. The van der Waals surface area contributed by atoms with Crippen molar-refractivity contribution >= 4 is 34.0 Å². The number of carbonyl (C=O) groups is 1. The SMILES string of the molecule is CC(=O)Nc1nc2c(s1)-c1c(c([C@@H]3CCCO3)nn1-c1ccccc1Cl)CC2. The van der Waals surface area contributed by atoms with Gasteiger partial charge < -0.3 is 10.1 Å². The number of aryl methyl sites for hydroxylation is 1. The maximum Gasteiger partial charge on any atom is 0.223 e. The maximum atomic E-state index is 11.5. The standard InChI is InChI=1S/C20H19ClN4O2S/c1-11(26)22-20-23-14-9-8-12-17(16-7-4-10-27-16)24-25(18(12)19(14)28-20)15-6-3-2-5-13(15)21/h2-3,5-6,16H,4,7-10H2,1H3,(H,22,23,26)/t16-/m0/s1. The molecule has 1 amide bonds. The lowest BCUT2D eigenvalue weighted by atomic mass is 9.95. The molecule has 3 heterocycles. The Morgan fingerprint density at radius 3 is 2.96 bits per heavy atom. The van der Waals surface area contributed by atoms with Crippen LogP contribution in [0.5, 0.6) is 0 Å². The summed E-state index contributed by atoms with van der Waals surface area (Å²) in [6.45, 7) is 2.27. The number of benzene rings is 1. The zero-order valence-electron chi connectivity index (χ0n) is 15.4. The highest BCUT2D eigenvalue weighted by molar-refractivity contribution is 7.19. The largest absolute Gasteiger partial charge is 0.372 e. The number of thiazole rings is 1. The summed E-state index contributed by atoms with van der Waals surface area (Å²) in [4.78, 5) is 17.2. The van der Waals surface area contributed by atoms with Gasteiger partial charge in [0.25, 0.3) is 0 Å². The van der Waals surface area contributed by atoms with Crippen LogP contribution in [0.15, 0.2) is 24.3 Å². The summed E-state index contributed by atoms with van der Waals surface area (Å²) in [6, 6.07) is 7.71. The summed E-state index contributed by atoms with van der Waals surface area (Å²) in [6.07, 6.45) is 3.74. The van der Waals surface area contributed by atoms with Crippen LogP contribution in [-0.4, -0.2) is 27.3 Å². The van der Waals surface area contributed by atoms with Crippen molar-refractivity contribution in [1.82, 2.24) is 14.8 Å². The second-order valence-corrected chi connectivity index (χ2v) is 8.46. The first-order chi connectivity index (χ1) is 13.6. The molecular weight excluding hydrogens is 396 g/mol. The molecule has 1 saturated heterocycles. The lowest BCUT2D eigenvalue weighted by Gasteiger charge is -2.15. The molecule has 0 unspecified atom stereocenters. The first-order valence-electron chi connectivity index (χ1n) is 9.38. The number of anilines is 1. The number of fused-ring (bicyclic) bond motifs is 3. The number of amides is 1. The Hall–Kier alpha value is -2.22. The molecule has 1 N–H and O–H groups in total. The molecule has 28 heavy (non-hydrogen) atoms. The van der Waals surface area contributed by atoms with E-state index >= 15 is 0 Å². The molecule has 0 radical (unpaired) electrons. The summed E-state index contributed by atoms with van der Waals surface area (Å²) in [7, 11) is 0. The second kappa shape index (κ2) is 6.99. The lowest BCUT2D eigenvalue weighted by Crippen LogP contribution is -2.07. The molecular formula is C20H19ClN4O2S. The van der Waals surface area contributed by atoms with Crippen LogP contribution in [0.1, 0.15) is 42.8 Å². The Morgan fingerprint density at radius 1 is 1.36 bits per heavy atom. The first kappa shape index (κ1) is 17.8. The van der Waals surface area contributed by atoms with Gasteiger partial charge in [-0.1, -0.05) is 35.1 Å². The molecule has 8 heteroatoms. The molecule has 2 aliphatic rings. The van der Waals surface area contributed by atoms with E-state index in [0.717, 1.165) is 59.9 Å². The quantitative estimate of drug-likeness (QED) is 0.682. The van der Waals surface area contributed by atoms with E-state index in [1.807, 2.05) is 28.9 Å². The van der Waals surface area contributed by atoms with Crippen LogP contribution in [-0.2, 0) is 22.4 Å². The Balaban J connectivity index is 1.71. The predicted octanol–water partition coefficient (Wildman–Crippen LogP) is 4.56. The van der Waals surface area contributed by atoms with E-state index in [4.69, 9.17) is 21.4 Å². The third-order valence-corrected chi connectivity index (χ3v) is 6.48. The molecule has 1 aromatic carbocycles. The summed E-state index contributed by atoms with van der Waals surface area (Å²) in [5.74, 6) is -0.119. The van der Waals surface area contributed by atoms with Gasteiger partial charge in [0.2, 0.25) is 5.91 Å². The number of hydrogen-bond donors (Lipinski definition) is 1. The van der Waals surface area contributed by atoms with E-state index in [2.05, 4.69) is 10.3 Å². The van der Waals surface area contributed by atoms with E-state index in [0.29, 0.717) is 10.2 Å². The van der Waals surface area contributed by atoms with Crippen molar-refractivity contribution in [2.45, 2.75) is 38.7 Å². The fourth-order valence-electron chi connectivity index (χ4n) is 3.95. The topological polar surface area (TPSA) is 69.0 Å². The third-order valence-electron chi connectivity index (χ3n) is 5.14. The van der Waals surface area contributed by atoms with Gasteiger partial charge in [-0.2, -0.15) is 5.10 Å². The minimum atomic E-state index is -0.119. The van der Waals surface area contributed by atoms with E-state index in [1.165, 1.54) is 23.8 Å². The lowest BCUT2D eigenvalue weighted by molar-refractivity contribution is -0.114. The highest BCUT2D eigenvalue weighted by atomic mass is 35.5. The van der Waals surface area contributed by atoms with Gasteiger partial charge in [0.1, 0.15) is 6.10 Å². The zero-order valence-corrected chi connectivity index (χ0v) is 16.9. The van der Waals surface area contributed by atoms with Crippen LogP contribution in [0.3, 0.4) is 0 Å². The molecule has 144 valence electrons. The number of rotatable bonds is 3. The smallest absolute Gasteiger partial charge is 0.223 e. The number of carbonyl (C=O) groups excluding carboxylic acids is 1. The number of nitrogens with zero attached hydrogens (tertiary/aromatic N) is 3. The Morgan fingerprint density at radius 2 is 2.21 bits per heavy atom. The number of ether oxygens (including phenoxy) is 1. The fraction of sp³-hybridized carbons (Fsp3) is 0.350. The maximum absolute atomic E-state index is 11.5. The second-order valence-electron chi connectivity index (χ2n) is 7.05. The average molecular weight is 415 g/mol. The number of halogens is 1. The van der Waals surface area contributed by atoms with Crippen LogP contribution in [0.25, 0.3) is 16.3 Å². The Kier molecular flexibility index (Phi) is 4.45. The first-order valence-corrected chi connectivity index (χ1v) is 10.6. The van der Waals surface area contributed by atoms with E-state index in [9.17, 15) is 4.79 Å². The van der Waals surface area contributed by atoms with Crippen molar-refractivity contribution in [2.75, 3.05) is 11.9 Å². The van der Waals surface area contributed by atoms with Crippen LogP contribution in [0.2, 0.25) is 5.02 Å². The molecule has 1 aliphatic carbocycles. The average Bonchev–Trinajstić information content (AvgIpc) is 3.38. The van der Waals surface area contributed by atoms with Gasteiger partial charge in [-0.05, 0) is 37.8 Å². The van der Waals surface area contributed by atoms with Crippen molar-refractivity contribution < 1.29 is 9.53 Å². The van der Waals surface area contributed by atoms with Crippen LogP contribution in [0, 0.1) is 0 Å². The summed E-state index contributed by atoms with van der Waals surface area (Å²) >= 11 is 8.00. The summed E-state index contributed by atoms with van der Waals surface area (Å²) < 4.78 is 7.89. The number of aromatic nitrogens is 3. The van der Waals surface area contributed by atoms with Gasteiger partial charge in [-0.15, -0.1) is 0 Å². The minimum absolute atomic E-state index is 0.0294. The highest BCUT2D eigenvalue weighted by Crippen LogP contribution is 2.45. The molecule has 2 aromatic heterocycles.